The van der Waals surface area contributed by atoms with Crippen LogP contribution < -0.4 is 19.7 Å². The van der Waals surface area contributed by atoms with Gasteiger partial charge in [0.15, 0.2) is 11.5 Å². The summed E-state index contributed by atoms with van der Waals surface area (Å²) in [6, 6.07) is 15.1. The van der Waals surface area contributed by atoms with Gasteiger partial charge in [0, 0.05) is 31.4 Å². The number of benzene rings is 2. The van der Waals surface area contributed by atoms with E-state index in [-0.39, 0.29) is 12.0 Å². The number of ether oxygens (including phenoxy) is 2. The van der Waals surface area contributed by atoms with Crippen LogP contribution in [0.4, 0.5) is 11.5 Å². The van der Waals surface area contributed by atoms with Gasteiger partial charge in [-0.2, -0.15) is 5.10 Å². The van der Waals surface area contributed by atoms with Crippen LogP contribution in [0.25, 0.3) is 0 Å². The molecule has 0 atom stereocenters. The van der Waals surface area contributed by atoms with Crippen molar-refractivity contribution in [3.05, 3.63) is 65.9 Å². The second-order valence-electron chi connectivity index (χ2n) is 7.42. The van der Waals surface area contributed by atoms with Crippen LogP contribution in [0.2, 0.25) is 0 Å². The van der Waals surface area contributed by atoms with Gasteiger partial charge in [0.05, 0.1) is 26.0 Å². The van der Waals surface area contributed by atoms with Crippen LogP contribution in [0, 0.1) is 0 Å². The maximum absolute atomic E-state index is 12.8. The van der Waals surface area contributed by atoms with Crippen LogP contribution >= 0.6 is 0 Å². The lowest BCUT2D eigenvalue weighted by atomic mass is 10.2. The second-order valence-corrected chi connectivity index (χ2v) is 7.42. The lowest BCUT2D eigenvalue weighted by molar-refractivity contribution is 0.102. The standard InChI is InChI=1S/C23H28N4O3/c1-16(2)30-20-11-8-18(14-21(20)29-5)23(28)25-22-12-13-24-27(22)15-17-6-9-19(10-7-17)26(3)4/h6-14,16H,15H2,1-5H3,(H,25,28). The molecule has 0 aliphatic rings. The van der Waals surface area contributed by atoms with Gasteiger partial charge in [-0.15, -0.1) is 0 Å². The van der Waals surface area contributed by atoms with Crippen molar-refractivity contribution in [2.24, 2.45) is 0 Å². The largest absolute Gasteiger partial charge is 0.493 e. The Bertz CT molecular complexity index is 994. The van der Waals surface area contributed by atoms with E-state index in [9.17, 15) is 4.79 Å². The van der Waals surface area contributed by atoms with Gasteiger partial charge < -0.3 is 19.7 Å². The van der Waals surface area contributed by atoms with Gasteiger partial charge >= 0.3 is 0 Å². The summed E-state index contributed by atoms with van der Waals surface area (Å²) in [5, 5.41) is 7.27. The Labute approximate surface area is 177 Å². The summed E-state index contributed by atoms with van der Waals surface area (Å²) in [4.78, 5) is 14.8. The third-order valence-electron chi connectivity index (χ3n) is 4.53. The predicted molar refractivity (Wildman–Crippen MR) is 119 cm³/mol. The maximum atomic E-state index is 12.8. The highest BCUT2D eigenvalue weighted by Crippen LogP contribution is 2.29. The number of nitrogens with zero attached hydrogens (tertiary/aromatic N) is 3. The van der Waals surface area contributed by atoms with Crippen molar-refractivity contribution < 1.29 is 14.3 Å². The molecule has 158 valence electrons. The normalized spacial score (nSPS) is 10.7. The van der Waals surface area contributed by atoms with Crippen LogP contribution in [0.15, 0.2) is 54.7 Å². The van der Waals surface area contributed by atoms with Gasteiger partial charge in [-0.1, -0.05) is 12.1 Å². The molecule has 7 nitrogen and oxygen atoms in total. The summed E-state index contributed by atoms with van der Waals surface area (Å²) in [7, 11) is 5.57. The summed E-state index contributed by atoms with van der Waals surface area (Å²) in [5.41, 5.74) is 2.70. The number of carbonyl (C=O) groups is 1. The van der Waals surface area contributed by atoms with Crippen LogP contribution in [-0.4, -0.2) is 43.0 Å². The first kappa shape index (κ1) is 21.2. The monoisotopic (exact) mass is 408 g/mol. The van der Waals surface area contributed by atoms with Crippen molar-refractivity contribution in [2.75, 3.05) is 31.4 Å². The predicted octanol–water partition coefficient (Wildman–Crippen LogP) is 4.05. The number of hydrogen-bond acceptors (Lipinski definition) is 5. The van der Waals surface area contributed by atoms with E-state index in [1.165, 1.54) is 0 Å². The van der Waals surface area contributed by atoms with Gasteiger partial charge in [0.1, 0.15) is 5.82 Å². The number of anilines is 2. The molecule has 1 N–H and O–H groups in total. The Morgan fingerprint density at radius 2 is 1.83 bits per heavy atom. The molecule has 2 aromatic carbocycles. The third kappa shape index (κ3) is 5.11. The molecule has 0 saturated heterocycles. The number of carbonyl (C=O) groups excluding carboxylic acids is 1. The van der Waals surface area contributed by atoms with Gasteiger partial charge in [-0.3, -0.25) is 4.79 Å². The van der Waals surface area contributed by atoms with Gasteiger partial charge in [0.2, 0.25) is 0 Å². The van der Waals surface area contributed by atoms with Crippen LogP contribution in [-0.2, 0) is 6.54 Å². The molecule has 1 aromatic heterocycles. The van der Waals surface area contributed by atoms with Crippen molar-refractivity contribution in [1.82, 2.24) is 9.78 Å². The zero-order valence-electron chi connectivity index (χ0n) is 18.0. The van der Waals surface area contributed by atoms with Crippen LogP contribution in [0.5, 0.6) is 11.5 Å². The fraction of sp³-hybridized carbons (Fsp3) is 0.304. The van der Waals surface area contributed by atoms with E-state index in [2.05, 4.69) is 39.6 Å². The molecule has 0 bridgehead atoms. The molecule has 0 radical (unpaired) electrons. The average Bonchev–Trinajstić information content (AvgIpc) is 3.14. The zero-order chi connectivity index (χ0) is 21.7. The van der Waals surface area contributed by atoms with Gasteiger partial charge in [0.25, 0.3) is 5.91 Å². The number of amides is 1. The highest BCUT2D eigenvalue weighted by atomic mass is 16.5. The molecule has 3 aromatic rings. The Balaban J connectivity index is 1.73. The van der Waals surface area contributed by atoms with Gasteiger partial charge in [-0.25, -0.2) is 4.68 Å². The van der Waals surface area contributed by atoms with E-state index in [1.54, 1.807) is 42.3 Å². The molecule has 1 heterocycles. The minimum absolute atomic E-state index is 0.0136. The molecule has 7 heteroatoms. The topological polar surface area (TPSA) is 68.6 Å². The van der Waals surface area contributed by atoms with E-state index in [0.717, 1.165) is 11.3 Å². The number of aromatic nitrogens is 2. The molecule has 30 heavy (non-hydrogen) atoms. The van der Waals surface area contributed by atoms with E-state index in [4.69, 9.17) is 9.47 Å². The fourth-order valence-corrected chi connectivity index (χ4v) is 2.99. The molecule has 0 saturated carbocycles. The highest BCUT2D eigenvalue weighted by Gasteiger charge is 2.14. The minimum atomic E-state index is -0.242. The molecule has 0 fully saturated rings. The Morgan fingerprint density at radius 1 is 1.10 bits per heavy atom. The molecular weight excluding hydrogens is 380 g/mol. The van der Waals surface area contributed by atoms with Crippen molar-refractivity contribution in [3.63, 3.8) is 0 Å². The highest BCUT2D eigenvalue weighted by molar-refractivity contribution is 6.04. The molecule has 0 unspecified atom stereocenters. The molecule has 0 aliphatic heterocycles. The Hall–Kier alpha value is -3.48. The first-order valence-electron chi connectivity index (χ1n) is 9.81. The van der Waals surface area contributed by atoms with Crippen molar-refractivity contribution in [2.45, 2.75) is 26.5 Å². The Morgan fingerprint density at radius 3 is 2.47 bits per heavy atom. The lowest BCUT2D eigenvalue weighted by Gasteiger charge is -2.15. The fourth-order valence-electron chi connectivity index (χ4n) is 2.99. The first-order chi connectivity index (χ1) is 14.4. The third-order valence-corrected chi connectivity index (χ3v) is 4.53. The van der Waals surface area contributed by atoms with E-state index >= 15 is 0 Å². The number of methoxy groups -OCH3 is 1. The second kappa shape index (κ2) is 9.35. The smallest absolute Gasteiger partial charge is 0.256 e. The molecular formula is C23H28N4O3. The summed E-state index contributed by atoms with van der Waals surface area (Å²) in [6.45, 7) is 4.44. The summed E-state index contributed by atoms with van der Waals surface area (Å²) in [5.74, 6) is 1.51. The summed E-state index contributed by atoms with van der Waals surface area (Å²) >= 11 is 0. The van der Waals surface area contributed by atoms with Crippen LogP contribution in [0.1, 0.15) is 29.8 Å². The van der Waals surface area contributed by atoms with Crippen molar-refractivity contribution >= 4 is 17.4 Å². The minimum Gasteiger partial charge on any atom is -0.493 e. The van der Waals surface area contributed by atoms with Gasteiger partial charge in [-0.05, 0) is 49.7 Å². The summed E-state index contributed by atoms with van der Waals surface area (Å²) in [6.07, 6.45) is 1.68. The SMILES string of the molecule is COc1cc(C(=O)Nc2ccnn2Cc2ccc(N(C)C)cc2)ccc1OC(C)C. The number of rotatable bonds is 8. The van der Waals surface area contributed by atoms with Crippen molar-refractivity contribution in [1.29, 1.82) is 0 Å². The summed E-state index contributed by atoms with van der Waals surface area (Å²) < 4.78 is 12.8. The average molecular weight is 409 g/mol. The molecule has 3 rings (SSSR count). The maximum Gasteiger partial charge on any atom is 0.256 e. The quantitative estimate of drug-likeness (QED) is 0.609. The van der Waals surface area contributed by atoms with Crippen molar-refractivity contribution in [3.8, 4) is 11.5 Å². The van der Waals surface area contributed by atoms with E-state index < -0.39 is 0 Å². The number of nitrogens with one attached hydrogen (secondary N) is 1. The molecule has 0 aliphatic carbocycles. The number of hydrogen-bond donors (Lipinski definition) is 1. The van der Waals surface area contributed by atoms with Crippen LogP contribution in [0.3, 0.4) is 0 Å². The lowest BCUT2D eigenvalue weighted by Crippen LogP contribution is -2.16. The zero-order valence-corrected chi connectivity index (χ0v) is 18.0. The first-order valence-corrected chi connectivity index (χ1v) is 9.81. The molecule has 0 spiro atoms. The molecule has 1 amide bonds. The van der Waals surface area contributed by atoms with E-state index in [0.29, 0.717) is 29.4 Å². The van der Waals surface area contributed by atoms with E-state index in [1.807, 2.05) is 27.9 Å². The Kier molecular flexibility index (Phi) is 6.61.